The highest BCUT2D eigenvalue weighted by Crippen LogP contribution is 2.24. The third kappa shape index (κ3) is 5.69. The van der Waals surface area contributed by atoms with E-state index in [9.17, 15) is 4.79 Å². The Balaban J connectivity index is 1.54. The van der Waals surface area contributed by atoms with Crippen molar-refractivity contribution in [3.05, 3.63) is 63.7 Å². The monoisotopic (exact) mass is 444 g/mol. The molecule has 0 spiro atoms. The predicted molar refractivity (Wildman–Crippen MR) is 114 cm³/mol. The predicted octanol–water partition coefficient (Wildman–Crippen LogP) is 4.60. The van der Waals surface area contributed by atoms with Crippen molar-refractivity contribution >= 4 is 39.0 Å². The van der Waals surface area contributed by atoms with Gasteiger partial charge >= 0.3 is 0 Å². The summed E-state index contributed by atoms with van der Waals surface area (Å²) in [5, 5.41) is 5.85. The number of amides is 1. The van der Waals surface area contributed by atoms with Crippen LogP contribution in [0.15, 0.2) is 52.4 Å². The van der Waals surface area contributed by atoms with Gasteiger partial charge in [-0.05, 0) is 47.1 Å². The van der Waals surface area contributed by atoms with E-state index in [0.29, 0.717) is 12.4 Å². The van der Waals surface area contributed by atoms with Crippen LogP contribution >= 0.6 is 27.3 Å². The molecule has 1 aromatic carbocycles. The van der Waals surface area contributed by atoms with Gasteiger partial charge in [0.2, 0.25) is 5.91 Å². The number of anilines is 1. The Morgan fingerprint density at radius 3 is 2.67 bits per heavy atom. The van der Waals surface area contributed by atoms with E-state index in [1.54, 1.807) is 23.6 Å². The average Bonchev–Trinajstić information content (AvgIpc) is 3.12. The van der Waals surface area contributed by atoms with Gasteiger partial charge < -0.3 is 5.32 Å². The lowest BCUT2D eigenvalue weighted by atomic mass is 10.1. The van der Waals surface area contributed by atoms with E-state index in [1.807, 2.05) is 23.4 Å². The molecule has 0 bridgehead atoms. The van der Waals surface area contributed by atoms with E-state index in [1.165, 1.54) is 5.56 Å². The molecule has 0 aliphatic carbocycles. The summed E-state index contributed by atoms with van der Waals surface area (Å²) >= 11 is 4.95. The summed E-state index contributed by atoms with van der Waals surface area (Å²) in [5.41, 5.74) is 3.42. The van der Waals surface area contributed by atoms with E-state index < -0.39 is 0 Å². The first-order valence-corrected chi connectivity index (χ1v) is 10.3. The van der Waals surface area contributed by atoms with E-state index in [0.717, 1.165) is 27.2 Å². The van der Waals surface area contributed by atoms with Crippen LogP contribution in [0.2, 0.25) is 0 Å². The first kappa shape index (κ1) is 19.7. The van der Waals surface area contributed by atoms with E-state index in [4.69, 9.17) is 4.98 Å². The number of carbonyl (C=O) groups excluding carboxylic acids is 1. The number of thiazole rings is 1. The first-order chi connectivity index (χ1) is 13.0. The number of hydrogen-bond acceptors (Lipinski definition) is 5. The Kier molecular flexibility index (Phi) is 6.71. The minimum absolute atomic E-state index is 0.0991. The molecule has 0 saturated heterocycles. The van der Waals surface area contributed by atoms with Crippen molar-refractivity contribution in [1.82, 2.24) is 14.9 Å². The molecule has 3 aromatic rings. The molecule has 140 valence electrons. The van der Waals surface area contributed by atoms with Crippen LogP contribution in [-0.4, -0.2) is 34.4 Å². The molecule has 5 nitrogen and oxygen atoms in total. The molecule has 2 heterocycles. The van der Waals surface area contributed by atoms with Gasteiger partial charge in [-0.2, -0.15) is 0 Å². The van der Waals surface area contributed by atoms with Gasteiger partial charge in [-0.15, -0.1) is 11.3 Å². The number of hydrogen-bond donors (Lipinski definition) is 1. The van der Waals surface area contributed by atoms with Gasteiger partial charge in [0, 0.05) is 28.2 Å². The second-order valence-electron chi connectivity index (χ2n) is 6.28. The molecule has 2 aromatic heterocycles. The summed E-state index contributed by atoms with van der Waals surface area (Å²) in [5.74, 6) is 0.445. The van der Waals surface area contributed by atoms with E-state index >= 15 is 0 Å². The lowest BCUT2D eigenvalue weighted by molar-refractivity contribution is -0.117. The summed E-state index contributed by atoms with van der Waals surface area (Å²) in [4.78, 5) is 23.0. The molecule has 1 N–H and O–H groups in total. The van der Waals surface area contributed by atoms with Gasteiger partial charge in [-0.25, -0.2) is 9.97 Å². The Morgan fingerprint density at radius 2 is 2.00 bits per heavy atom. The molecule has 0 aliphatic heterocycles. The Morgan fingerprint density at radius 1 is 1.22 bits per heavy atom. The van der Waals surface area contributed by atoms with Gasteiger partial charge in [0.25, 0.3) is 0 Å². The number of nitrogens with zero attached hydrogens (tertiary/aromatic N) is 3. The van der Waals surface area contributed by atoms with Gasteiger partial charge in [0.05, 0.1) is 12.2 Å². The van der Waals surface area contributed by atoms with Crippen molar-refractivity contribution in [3.63, 3.8) is 0 Å². The number of aryl methyl sites for hydroxylation is 1. The van der Waals surface area contributed by atoms with Crippen molar-refractivity contribution in [1.29, 1.82) is 0 Å². The number of aromatic nitrogens is 2. The molecular weight excluding hydrogens is 424 g/mol. The van der Waals surface area contributed by atoms with Gasteiger partial charge in [0.15, 0.2) is 0 Å². The van der Waals surface area contributed by atoms with E-state index in [-0.39, 0.29) is 12.5 Å². The van der Waals surface area contributed by atoms with Gasteiger partial charge in [0.1, 0.15) is 10.8 Å². The third-order valence-corrected chi connectivity index (χ3v) is 5.41. The molecule has 3 rings (SSSR count). The van der Waals surface area contributed by atoms with Crippen molar-refractivity contribution in [2.75, 3.05) is 18.9 Å². The van der Waals surface area contributed by atoms with Crippen LogP contribution in [-0.2, 0) is 17.8 Å². The highest BCUT2D eigenvalue weighted by molar-refractivity contribution is 9.10. The normalized spacial score (nSPS) is 11.0. The van der Waals surface area contributed by atoms with Crippen LogP contribution in [0.5, 0.6) is 0 Å². The van der Waals surface area contributed by atoms with Crippen molar-refractivity contribution in [2.45, 2.75) is 19.9 Å². The SMILES string of the molecule is CCc1ccc(-c2nc(CN(C)CC(=O)Nc3ccc(Br)cn3)cs2)cc1. The van der Waals surface area contributed by atoms with Crippen LogP contribution in [0.25, 0.3) is 10.6 Å². The molecular formula is C20H21BrN4OS. The quantitative estimate of drug-likeness (QED) is 0.578. The zero-order valence-corrected chi connectivity index (χ0v) is 17.7. The number of carbonyl (C=O) groups is 1. The fraction of sp³-hybridized carbons (Fsp3) is 0.250. The largest absolute Gasteiger partial charge is 0.310 e. The fourth-order valence-corrected chi connectivity index (χ4v) is 3.66. The summed E-state index contributed by atoms with van der Waals surface area (Å²) in [6.45, 7) is 3.04. The second kappa shape index (κ2) is 9.21. The zero-order chi connectivity index (χ0) is 19.2. The van der Waals surface area contributed by atoms with Crippen LogP contribution < -0.4 is 5.32 Å². The zero-order valence-electron chi connectivity index (χ0n) is 15.3. The van der Waals surface area contributed by atoms with Crippen LogP contribution in [0, 0.1) is 0 Å². The summed E-state index contributed by atoms with van der Waals surface area (Å²) in [6.07, 6.45) is 2.69. The summed E-state index contributed by atoms with van der Waals surface area (Å²) in [7, 11) is 1.91. The van der Waals surface area contributed by atoms with E-state index in [2.05, 4.69) is 57.4 Å². The van der Waals surface area contributed by atoms with Crippen LogP contribution in [0.3, 0.4) is 0 Å². The van der Waals surface area contributed by atoms with Crippen LogP contribution in [0.1, 0.15) is 18.2 Å². The lowest BCUT2D eigenvalue weighted by Crippen LogP contribution is -2.30. The summed E-state index contributed by atoms with van der Waals surface area (Å²) in [6, 6.07) is 12.1. The molecule has 1 amide bonds. The molecule has 0 radical (unpaired) electrons. The van der Waals surface area contributed by atoms with Crippen molar-refractivity contribution in [3.8, 4) is 10.6 Å². The second-order valence-corrected chi connectivity index (χ2v) is 8.05. The number of likely N-dealkylation sites (N-methyl/N-ethyl adjacent to an activating group) is 1. The number of rotatable bonds is 7. The number of nitrogens with one attached hydrogen (secondary N) is 1. The molecule has 0 fully saturated rings. The number of pyridine rings is 1. The van der Waals surface area contributed by atoms with Gasteiger partial charge in [-0.1, -0.05) is 31.2 Å². The first-order valence-electron chi connectivity index (χ1n) is 8.67. The van der Waals surface area contributed by atoms with Crippen molar-refractivity contribution in [2.24, 2.45) is 0 Å². The number of halogens is 1. The molecule has 27 heavy (non-hydrogen) atoms. The maximum Gasteiger partial charge on any atom is 0.239 e. The molecule has 0 unspecified atom stereocenters. The Labute approximate surface area is 171 Å². The van der Waals surface area contributed by atoms with Gasteiger partial charge in [-0.3, -0.25) is 9.69 Å². The highest BCUT2D eigenvalue weighted by Gasteiger charge is 2.11. The Hall–Kier alpha value is -2.09. The highest BCUT2D eigenvalue weighted by atomic mass is 79.9. The maximum atomic E-state index is 12.2. The maximum absolute atomic E-state index is 12.2. The molecule has 0 aliphatic rings. The molecule has 0 saturated carbocycles. The smallest absolute Gasteiger partial charge is 0.239 e. The topological polar surface area (TPSA) is 58.1 Å². The lowest BCUT2D eigenvalue weighted by Gasteiger charge is -2.14. The minimum atomic E-state index is -0.0991. The summed E-state index contributed by atoms with van der Waals surface area (Å²) < 4.78 is 0.876. The average molecular weight is 445 g/mol. The standard InChI is InChI=1S/C20H21BrN4OS/c1-3-14-4-6-15(7-5-14)20-23-17(13-27-20)11-25(2)12-19(26)24-18-9-8-16(21)10-22-18/h4-10,13H,3,11-12H2,1-2H3,(H,22,24,26). The third-order valence-electron chi connectivity index (χ3n) is 4.00. The Bertz CT molecular complexity index is 893. The van der Waals surface area contributed by atoms with Crippen molar-refractivity contribution < 1.29 is 4.79 Å². The molecule has 7 heteroatoms. The molecule has 0 atom stereocenters. The fourth-order valence-electron chi connectivity index (χ4n) is 2.60. The minimum Gasteiger partial charge on any atom is -0.310 e. The number of benzene rings is 1. The van der Waals surface area contributed by atoms with Crippen LogP contribution in [0.4, 0.5) is 5.82 Å².